The highest BCUT2D eigenvalue weighted by atomic mass is 16.1. The fraction of sp³-hybridized carbons (Fsp3) is 0.588. The Balaban J connectivity index is 1.66. The third-order valence-electron chi connectivity index (χ3n) is 4.74. The SMILES string of the molecule is CC(=O)Nc1cc(NC2CCN3CCCC3C2)ccc1C. The van der Waals surface area contributed by atoms with Gasteiger partial charge in [0.2, 0.25) is 5.91 Å². The third-order valence-corrected chi connectivity index (χ3v) is 4.74. The number of carbonyl (C=O) groups excluding carboxylic acids is 1. The number of amides is 1. The molecule has 2 atom stereocenters. The van der Waals surface area contributed by atoms with Crippen LogP contribution in [0.3, 0.4) is 0 Å². The number of anilines is 2. The van der Waals surface area contributed by atoms with E-state index in [-0.39, 0.29) is 5.91 Å². The number of piperidine rings is 1. The van der Waals surface area contributed by atoms with Gasteiger partial charge in [0.25, 0.3) is 0 Å². The van der Waals surface area contributed by atoms with Crippen LogP contribution >= 0.6 is 0 Å². The van der Waals surface area contributed by atoms with E-state index in [1.54, 1.807) is 6.92 Å². The lowest BCUT2D eigenvalue weighted by Gasteiger charge is -2.35. The number of hydrogen-bond acceptors (Lipinski definition) is 3. The Kier molecular flexibility index (Phi) is 4.15. The molecule has 3 rings (SSSR count). The minimum Gasteiger partial charge on any atom is -0.382 e. The Bertz CT molecular complexity index is 529. The molecule has 0 spiro atoms. The molecule has 2 saturated heterocycles. The van der Waals surface area contributed by atoms with Crippen molar-refractivity contribution < 1.29 is 4.79 Å². The molecule has 4 heteroatoms. The van der Waals surface area contributed by atoms with Crippen LogP contribution in [0.5, 0.6) is 0 Å². The lowest BCUT2D eigenvalue weighted by Crippen LogP contribution is -2.42. The second-order valence-corrected chi connectivity index (χ2v) is 6.41. The molecule has 114 valence electrons. The van der Waals surface area contributed by atoms with E-state index in [9.17, 15) is 4.79 Å². The number of nitrogens with one attached hydrogen (secondary N) is 2. The monoisotopic (exact) mass is 287 g/mol. The molecule has 4 nitrogen and oxygen atoms in total. The molecule has 0 bridgehead atoms. The number of carbonyl (C=O) groups is 1. The van der Waals surface area contributed by atoms with E-state index in [1.165, 1.54) is 38.8 Å². The summed E-state index contributed by atoms with van der Waals surface area (Å²) in [5.74, 6) is -0.0190. The number of rotatable bonds is 3. The van der Waals surface area contributed by atoms with Gasteiger partial charge in [0.05, 0.1) is 0 Å². The highest BCUT2D eigenvalue weighted by Crippen LogP contribution is 2.29. The molecule has 1 amide bonds. The van der Waals surface area contributed by atoms with Gasteiger partial charge in [-0.05, 0) is 56.8 Å². The Morgan fingerprint density at radius 2 is 2.14 bits per heavy atom. The van der Waals surface area contributed by atoms with E-state index in [4.69, 9.17) is 0 Å². The van der Waals surface area contributed by atoms with Crippen molar-refractivity contribution in [3.63, 3.8) is 0 Å². The number of aryl methyl sites for hydroxylation is 1. The first-order valence-corrected chi connectivity index (χ1v) is 8.00. The van der Waals surface area contributed by atoms with E-state index in [0.717, 1.165) is 23.0 Å². The van der Waals surface area contributed by atoms with Crippen molar-refractivity contribution in [2.45, 2.75) is 51.6 Å². The fourth-order valence-electron chi connectivity index (χ4n) is 3.63. The lowest BCUT2D eigenvalue weighted by atomic mass is 9.97. The highest BCUT2D eigenvalue weighted by molar-refractivity contribution is 5.90. The van der Waals surface area contributed by atoms with Crippen molar-refractivity contribution in [2.24, 2.45) is 0 Å². The second kappa shape index (κ2) is 6.06. The largest absolute Gasteiger partial charge is 0.382 e. The van der Waals surface area contributed by atoms with Crippen LogP contribution in [-0.2, 0) is 4.79 Å². The zero-order valence-electron chi connectivity index (χ0n) is 13.0. The van der Waals surface area contributed by atoms with Crippen molar-refractivity contribution in [3.8, 4) is 0 Å². The zero-order valence-corrected chi connectivity index (χ0v) is 13.0. The summed E-state index contributed by atoms with van der Waals surface area (Å²) in [7, 11) is 0. The summed E-state index contributed by atoms with van der Waals surface area (Å²) in [4.78, 5) is 13.9. The zero-order chi connectivity index (χ0) is 14.8. The van der Waals surface area contributed by atoms with Crippen LogP contribution in [0.15, 0.2) is 18.2 Å². The van der Waals surface area contributed by atoms with Gasteiger partial charge in [0.1, 0.15) is 0 Å². The quantitative estimate of drug-likeness (QED) is 0.898. The van der Waals surface area contributed by atoms with Gasteiger partial charge in [-0.1, -0.05) is 6.07 Å². The van der Waals surface area contributed by atoms with Gasteiger partial charge in [0.15, 0.2) is 0 Å². The van der Waals surface area contributed by atoms with E-state index in [1.807, 2.05) is 6.92 Å². The van der Waals surface area contributed by atoms with Crippen LogP contribution in [0.25, 0.3) is 0 Å². The van der Waals surface area contributed by atoms with E-state index >= 15 is 0 Å². The number of hydrogen-bond donors (Lipinski definition) is 2. The normalized spacial score (nSPS) is 25.4. The maximum atomic E-state index is 11.3. The maximum Gasteiger partial charge on any atom is 0.221 e. The summed E-state index contributed by atoms with van der Waals surface area (Å²) in [6.07, 6.45) is 5.15. The molecule has 1 aromatic rings. The van der Waals surface area contributed by atoms with Crippen molar-refractivity contribution >= 4 is 17.3 Å². The van der Waals surface area contributed by atoms with Crippen molar-refractivity contribution in [2.75, 3.05) is 23.7 Å². The first-order valence-electron chi connectivity index (χ1n) is 8.00. The summed E-state index contributed by atoms with van der Waals surface area (Å²) in [5, 5.41) is 6.56. The van der Waals surface area contributed by atoms with Crippen molar-refractivity contribution in [1.29, 1.82) is 0 Å². The summed E-state index contributed by atoms with van der Waals surface area (Å²) < 4.78 is 0. The highest BCUT2D eigenvalue weighted by Gasteiger charge is 2.31. The van der Waals surface area contributed by atoms with E-state index < -0.39 is 0 Å². The molecule has 0 radical (unpaired) electrons. The molecule has 2 heterocycles. The first kappa shape index (κ1) is 14.4. The van der Waals surface area contributed by atoms with Crippen molar-refractivity contribution in [3.05, 3.63) is 23.8 Å². The Labute approximate surface area is 126 Å². The van der Waals surface area contributed by atoms with Gasteiger partial charge < -0.3 is 15.5 Å². The molecule has 1 aromatic carbocycles. The number of nitrogens with zero attached hydrogens (tertiary/aromatic N) is 1. The van der Waals surface area contributed by atoms with Crippen LogP contribution in [0.4, 0.5) is 11.4 Å². The van der Waals surface area contributed by atoms with Gasteiger partial charge in [-0.15, -0.1) is 0 Å². The molecule has 2 fully saturated rings. The molecule has 0 aromatic heterocycles. The molecule has 21 heavy (non-hydrogen) atoms. The van der Waals surface area contributed by atoms with Crippen LogP contribution in [0, 0.1) is 6.92 Å². The average molecular weight is 287 g/mol. The fourth-order valence-corrected chi connectivity index (χ4v) is 3.63. The Hall–Kier alpha value is -1.55. The van der Waals surface area contributed by atoms with Crippen LogP contribution in [0.2, 0.25) is 0 Å². The number of fused-ring (bicyclic) bond motifs is 1. The van der Waals surface area contributed by atoms with Gasteiger partial charge in [-0.3, -0.25) is 4.79 Å². The molecule has 2 aliphatic rings. The molecular formula is C17H25N3O. The summed E-state index contributed by atoms with van der Waals surface area (Å²) in [6, 6.07) is 7.56. The summed E-state index contributed by atoms with van der Waals surface area (Å²) in [6.45, 7) is 6.07. The van der Waals surface area contributed by atoms with Gasteiger partial charge in [-0.25, -0.2) is 0 Å². The summed E-state index contributed by atoms with van der Waals surface area (Å²) in [5.41, 5.74) is 3.12. The average Bonchev–Trinajstić information content (AvgIpc) is 2.89. The minimum absolute atomic E-state index is 0.0190. The van der Waals surface area contributed by atoms with Gasteiger partial charge >= 0.3 is 0 Å². The molecule has 0 aliphatic carbocycles. The molecule has 0 saturated carbocycles. The summed E-state index contributed by atoms with van der Waals surface area (Å²) >= 11 is 0. The van der Waals surface area contributed by atoms with Crippen LogP contribution in [-0.4, -0.2) is 36.0 Å². The van der Waals surface area contributed by atoms with Gasteiger partial charge in [-0.2, -0.15) is 0 Å². The van der Waals surface area contributed by atoms with E-state index in [0.29, 0.717) is 6.04 Å². The standard InChI is InChI=1S/C17H25N3O/c1-12-5-6-14(11-17(12)18-13(2)21)19-15-7-9-20-8-3-4-16(20)10-15/h5-6,11,15-16,19H,3-4,7-10H2,1-2H3,(H,18,21). The predicted octanol–water partition coefficient (Wildman–Crippen LogP) is 2.99. The Morgan fingerprint density at radius 1 is 1.29 bits per heavy atom. The van der Waals surface area contributed by atoms with Gasteiger partial charge in [0, 0.05) is 36.9 Å². The van der Waals surface area contributed by atoms with Crippen molar-refractivity contribution in [1.82, 2.24) is 4.90 Å². The molecule has 2 N–H and O–H groups in total. The lowest BCUT2D eigenvalue weighted by molar-refractivity contribution is -0.114. The third kappa shape index (κ3) is 3.38. The van der Waals surface area contributed by atoms with Crippen LogP contribution < -0.4 is 10.6 Å². The first-order chi connectivity index (χ1) is 10.1. The maximum absolute atomic E-state index is 11.3. The molecule has 2 unspecified atom stereocenters. The molecular weight excluding hydrogens is 262 g/mol. The van der Waals surface area contributed by atoms with Crippen LogP contribution in [0.1, 0.15) is 38.2 Å². The predicted molar refractivity (Wildman–Crippen MR) is 86.7 cm³/mol. The van der Waals surface area contributed by atoms with E-state index in [2.05, 4.69) is 33.7 Å². The molecule has 2 aliphatic heterocycles. The second-order valence-electron chi connectivity index (χ2n) is 6.41. The topological polar surface area (TPSA) is 44.4 Å². The minimum atomic E-state index is -0.0190. The number of benzene rings is 1. The smallest absolute Gasteiger partial charge is 0.221 e. The Morgan fingerprint density at radius 3 is 2.95 bits per heavy atom.